The Bertz CT molecular complexity index is 290. The number of hydrogen-bond donors (Lipinski definition) is 2. The highest BCUT2D eigenvalue weighted by molar-refractivity contribution is 7.10. The summed E-state index contributed by atoms with van der Waals surface area (Å²) < 4.78 is 0. The molecule has 0 aromatic carbocycles. The molecule has 0 spiro atoms. The fraction of sp³-hybridized carbons (Fsp3) is 0.545. The van der Waals surface area contributed by atoms with Crippen molar-refractivity contribution in [3.05, 3.63) is 22.4 Å². The maximum absolute atomic E-state index is 11.7. The first-order chi connectivity index (χ1) is 7.25. The van der Waals surface area contributed by atoms with Crippen molar-refractivity contribution in [2.45, 2.75) is 19.8 Å². The number of carbonyl (C=O) groups is 1. The third-order valence-electron chi connectivity index (χ3n) is 2.21. The largest absolute Gasteiger partial charge is 0.354 e. The number of thiophene rings is 1. The molecular weight excluding hydrogens is 244 g/mol. The van der Waals surface area contributed by atoms with Crippen molar-refractivity contribution in [1.29, 1.82) is 0 Å². The maximum atomic E-state index is 11.7. The summed E-state index contributed by atoms with van der Waals surface area (Å²) in [6.07, 6.45) is 0. The van der Waals surface area contributed by atoms with Gasteiger partial charge in [-0.3, -0.25) is 4.79 Å². The molecule has 0 fully saturated rings. The van der Waals surface area contributed by atoms with Gasteiger partial charge < -0.3 is 10.6 Å². The van der Waals surface area contributed by atoms with E-state index in [0.29, 0.717) is 6.54 Å². The zero-order valence-corrected chi connectivity index (χ0v) is 11.3. The number of nitrogens with one attached hydrogen (secondary N) is 2. The predicted octanol–water partition coefficient (Wildman–Crippen LogP) is 2.00. The number of likely N-dealkylation sites (N-methyl/N-ethyl adjacent to an activating group) is 1. The first-order valence-corrected chi connectivity index (χ1v) is 6.15. The molecule has 3 nitrogen and oxygen atoms in total. The summed E-state index contributed by atoms with van der Waals surface area (Å²) in [4.78, 5) is 12.8. The average Bonchev–Trinajstić information content (AvgIpc) is 2.76. The SMILES string of the molecule is CCNCCNC(=O)C(C)c1cccs1.Cl. The van der Waals surface area contributed by atoms with E-state index in [4.69, 9.17) is 0 Å². The van der Waals surface area contributed by atoms with Gasteiger partial charge in [0.2, 0.25) is 5.91 Å². The lowest BCUT2D eigenvalue weighted by atomic mass is 10.1. The monoisotopic (exact) mass is 262 g/mol. The zero-order valence-electron chi connectivity index (χ0n) is 9.66. The molecule has 2 N–H and O–H groups in total. The molecule has 1 aromatic heterocycles. The van der Waals surface area contributed by atoms with Crippen molar-refractivity contribution in [2.24, 2.45) is 0 Å². The zero-order chi connectivity index (χ0) is 11.1. The van der Waals surface area contributed by atoms with Crippen LogP contribution in [0.25, 0.3) is 0 Å². The first kappa shape index (κ1) is 15.4. The quantitative estimate of drug-likeness (QED) is 0.770. The Balaban J connectivity index is 0.00000225. The summed E-state index contributed by atoms with van der Waals surface area (Å²) in [5, 5.41) is 8.07. The van der Waals surface area contributed by atoms with E-state index >= 15 is 0 Å². The van der Waals surface area contributed by atoms with Gasteiger partial charge >= 0.3 is 0 Å². The minimum absolute atomic E-state index is 0. The summed E-state index contributed by atoms with van der Waals surface area (Å²) in [5.74, 6) is 0.0713. The highest BCUT2D eigenvalue weighted by Gasteiger charge is 2.14. The van der Waals surface area contributed by atoms with Gasteiger partial charge in [0.25, 0.3) is 0 Å². The van der Waals surface area contributed by atoms with Gasteiger partial charge in [-0.05, 0) is 24.9 Å². The van der Waals surface area contributed by atoms with Gasteiger partial charge in [0.1, 0.15) is 0 Å². The van der Waals surface area contributed by atoms with Crippen LogP contribution in [0.15, 0.2) is 17.5 Å². The second-order valence-corrected chi connectivity index (χ2v) is 4.36. The van der Waals surface area contributed by atoms with Gasteiger partial charge in [-0.2, -0.15) is 0 Å². The molecule has 5 heteroatoms. The van der Waals surface area contributed by atoms with E-state index in [9.17, 15) is 4.79 Å². The Labute approximate surface area is 107 Å². The normalized spacial score (nSPS) is 11.6. The maximum Gasteiger partial charge on any atom is 0.228 e. The Kier molecular flexibility index (Phi) is 8.25. The predicted molar refractivity (Wildman–Crippen MR) is 71.5 cm³/mol. The fourth-order valence-corrected chi connectivity index (χ4v) is 2.05. The topological polar surface area (TPSA) is 41.1 Å². The van der Waals surface area contributed by atoms with Crippen LogP contribution in [-0.2, 0) is 4.79 Å². The molecule has 0 aliphatic heterocycles. The van der Waals surface area contributed by atoms with E-state index < -0.39 is 0 Å². The van der Waals surface area contributed by atoms with Crippen LogP contribution in [0.2, 0.25) is 0 Å². The summed E-state index contributed by atoms with van der Waals surface area (Å²) in [5.41, 5.74) is 0. The second kappa shape index (κ2) is 8.56. The molecule has 1 heterocycles. The molecule has 0 bridgehead atoms. The lowest BCUT2D eigenvalue weighted by Crippen LogP contribution is -2.34. The van der Waals surface area contributed by atoms with E-state index in [1.807, 2.05) is 24.4 Å². The molecule has 1 atom stereocenters. The van der Waals surface area contributed by atoms with Crippen molar-refractivity contribution >= 4 is 29.7 Å². The van der Waals surface area contributed by atoms with Crippen LogP contribution in [0.4, 0.5) is 0 Å². The van der Waals surface area contributed by atoms with Gasteiger partial charge in [0.05, 0.1) is 5.92 Å². The molecule has 92 valence electrons. The van der Waals surface area contributed by atoms with Gasteiger partial charge in [0.15, 0.2) is 0 Å². The van der Waals surface area contributed by atoms with Crippen LogP contribution < -0.4 is 10.6 Å². The van der Waals surface area contributed by atoms with E-state index in [2.05, 4.69) is 17.6 Å². The lowest BCUT2D eigenvalue weighted by molar-refractivity contribution is -0.122. The van der Waals surface area contributed by atoms with Crippen molar-refractivity contribution < 1.29 is 4.79 Å². The minimum atomic E-state index is -0.0355. The molecule has 0 aliphatic carbocycles. The van der Waals surface area contributed by atoms with Crippen LogP contribution in [0.3, 0.4) is 0 Å². The van der Waals surface area contributed by atoms with E-state index in [1.54, 1.807) is 11.3 Å². The average molecular weight is 263 g/mol. The van der Waals surface area contributed by atoms with Crippen LogP contribution >= 0.6 is 23.7 Å². The Morgan fingerprint density at radius 2 is 2.25 bits per heavy atom. The van der Waals surface area contributed by atoms with Crippen molar-refractivity contribution in [3.63, 3.8) is 0 Å². The van der Waals surface area contributed by atoms with Crippen molar-refractivity contribution in [1.82, 2.24) is 10.6 Å². The van der Waals surface area contributed by atoms with Crippen LogP contribution in [0.1, 0.15) is 24.6 Å². The smallest absolute Gasteiger partial charge is 0.228 e. The molecule has 0 saturated carbocycles. The summed E-state index contributed by atoms with van der Waals surface area (Å²) in [6.45, 7) is 6.46. The highest BCUT2D eigenvalue weighted by atomic mass is 35.5. The summed E-state index contributed by atoms with van der Waals surface area (Å²) >= 11 is 1.63. The standard InChI is InChI=1S/C11H18N2OS.ClH/c1-3-12-6-7-13-11(14)9(2)10-5-4-8-15-10;/h4-5,8-9,12H,3,6-7H2,1-2H3,(H,13,14);1H. The third kappa shape index (κ3) is 4.96. The van der Waals surface area contributed by atoms with E-state index in [-0.39, 0.29) is 24.2 Å². The van der Waals surface area contributed by atoms with Crippen molar-refractivity contribution in [2.75, 3.05) is 19.6 Å². The number of halogens is 1. The molecular formula is C11H19ClN2OS. The molecule has 0 radical (unpaired) electrons. The molecule has 1 unspecified atom stereocenters. The molecule has 0 saturated heterocycles. The van der Waals surface area contributed by atoms with Crippen LogP contribution in [0.5, 0.6) is 0 Å². The molecule has 1 rings (SSSR count). The Morgan fingerprint density at radius 3 is 2.81 bits per heavy atom. The van der Waals surface area contributed by atoms with Crippen molar-refractivity contribution in [3.8, 4) is 0 Å². The van der Waals surface area contributed by atoms with Gasteiger partial charge in [-0.25, -0.2) is 0 Å². The van der Waals surface area contributed by atoms with E-state index in [0.717, 1.165) is 18.0 Å². The third-order valence-corrected chi connectivity index (χ3v) is 3.27. The number of hydrogen-bond acceptors (Lipinski definition) is 3. The first-order valence-electron chi connectivity index (χ1n) is 5.27. The second-order valence-electron chi connectivity index (χ2n) is 3.38. The molecule has 0 aliphatic rings. The molecule has 1 amide bonds. The van der Waals surface area contributed by atoms with Gasteiger partial charge in [0, 0.05) is 18.0 Å². The Morgan fingerprint density at radius 1 is 1.50 bits per heavy atom. The highest BCUT2D eigenvalue weighted by Crippen LogP contribution is 2.20. The van der Waals surface area contributed by atoms with Crippen LogP contribution in [-0.4, -0.2) is 25.5 Å². The number of rotatable bonds is 6. The fourth-order valence-electron chi connectivity index (χ4n) is 1.27. The summed E-state index contributed by atoms with van der Waals surface area (Å²) in [7, 11) is 0. The lowest BCUT2D eigenvalue weighted by Gasteiger charge is -2.10. The van der Waals surface area contributed by atoms with Crippen LogP contribution in [0, 0.1) is 0 Å². The number of amides is 1. The number of carbonyl (C=O) groups excluding carboxylic acids is 1. The van der Waals surface area contributed by atoms with Gasteiger partial charge in [-0.15, -0.1) is 23.7 Å². The molecule has 16 heavy (non-hydrogen) atoms. The van der Waals surface area contributed by atoms with E-state index in [1.165, 1.54) is 0 Å². The minimum Gasteiger partial charge on any atom is -0.354 e. The Hall–Kier alpha value is -0.580. The molecule has 1 aromatic rings. The van der Waals surface area contributed by atoms with Gasteiger partial charge in [-0.1, -0.05) is 13.0 Å². The summed E-state index contributed by atoms with van der Waals surface area (Å²) in [6, 6.07) is 3.97.